The Labute approximate surface area is 181 Å². The van der Waals surface area contributed by atoms with E-state index in [-0.39, 0.29) is 22.9 Å². The lowest BCUT2D eigenvalue weighted by molar-refractivity contribution is -0.126. The molecule has 0 atom stereocenters. The standard InChI is InChI=1S/C23H48N2O.BrH/c1-4-7-9-10-11-12-13-14-15-16-17-18-19-20-23(26)24-25(21-6-3)22-8-5-2;/h4-22H2,1-3H3,(H,24,26);1H. The number of nitrogens with zero attached hydrogens (tertiary/aromatic N) is 1. The summed E-state index contributed by atoms with van der Waals surface area (Å²) in [6, 6.07) is 0. The second-order valence-corrected chi connectivity index (χ2v) is 7.87. The molecule has 0 aliphatic rings. The number of carbonyl (C=O) groups excluding carboxylic acids is 1. The van der Waals surface area contributed by atoms with Crippen LogP contribution in [0.25, 0.3) is 0 Å². The first-order chi connectivity index (χ1) is 12.7. The lowest BCUT2D eigenvalue weighted by Gasteiger charge is -2.22. The van der Waals surface area contributed by atoms with Gasteiger partial charge >= 0.3 is 0 Å². The maximum atomic E-state index is 12.0. The fourth-order valence-corrected chi connectivity index (χ4v) is 3.38. The molecular weight excluding hydrogens is 400 g/mol. The van der Waals surface area contributed by atoms with Crippen LogP contribution in [0.4, 0.5) is 0 Å². The molecule has 164 valence electrons. The van der Waals surface area contributed by atoms with Crippen molar-refractivity contribution in [1.29, 1.82) is 0 Å². The molecule has 3 nitrogen and oxygen atoms in total. The third-order valence-electron chi connectivity index (χ3n) is 5.07. The minimum atomic E-state index is 0. The zero-order valence-electron chi connectivity index (χ0n) is 18.7. The fourth-order valence-electron chi connectivity index (χ4n) is 3.38. The van der Waals surface area contributed by atoms with E-state index >= 15 is 0 Å². The summed E-state index contributed by atoms with van der Waals surface area (Å²) in [7, 11) is 0. The highest BCUT2D eigenvalue weighted by molar-refractivity contribution is 8.93. The van der Waals surface area contributed by atoms with E-state index in [2.05, 4.69) is 31.2 Å². The number of nitrogens with one attached hydrogen (secondary N) is 1. The summed E-state index contributed by atoms with van der Waals surface area (Å²) < 4.78 is 0. The van der Waals surface area contributed by atoms with Crippen molar-refractivity contribution >= 4 is 22.9 Å². The van der Waals surface area contributed by atoms with Crippen molar-refractivity contribution < 1.29 is 4.79 Å². The number of carbonyl (C=O) groups is 1. The van der Waals surface area contributed by atoms with Crippen molar-refractivity contribution in [1.82, 2.24) is 10.4 Å². The molecule has 1 N–H and O–H groups in total. The first kappa shape index (κ1) is 29.1. The summed E-state index contributed by atoms with van der Waals surface area (Å²) >= 11 is 0. The lowest BCUT2D eigenvalue weighted by atomic mass is 10.0. The van der Waals surface area contributed by atoms with Gasteiger partial charge in [-0.05, 0) is 19.3 Å². The molecule has 1 amide bonds. The first-order valence-corrected chi connectivity index (χ1v) is 11.8. The number of halogens is 1. The number of hydrazine groups is 1. The first-order valence-electron chi connectivity index (χ1n) is 11.8. The van der Waals surface area contributed by atoms with Gasteiger partial charge in [-0.2, -0.15) is 0 Å². The number of rotatable bonds is 20. The van der Waals surface area contributed by atoms with E-state index < -0.39 is 0 Å². The maximum Gasteiger partial charge on any atom is 0.234 e. The molecule has 0 saturated heterocycles. The number of amides is 1. The van der Waals surface area contributed by atoms with Gasteiger partial charge in [-0.3, -0.25) is 10.2 Å². The Morgan fingerprint density at radius 1 is 0.593 bits per heavy atom. The summed E-state index contributed by atoms with van der Waals surface area (Å²) in [6.07, 6.45) is 21.6. The molecule has 0 heterocycles. The van der Waals surface area contributed by atoms with Crippen LogP contribution in [-0.4, -0.2) is 24.0 Å². The third kappa shape index (κ3) is 22.1. The van der Waals surface area contributed by atoms with Crippen LogP contribution in [0.2, 0.25) is 0 Å². The average molecular weight is 450 g/mol. The van der Waals surface area contributed by atoms with Gasteiger partial charge in [0.05, 0.1) is 0 Å². The Bertz CT molecular complexity index is 300. The van der Waals surface area contributed by atoms with E-state index in [4.69, 9.17) is 0 Å². The zero-order valence-corrected chi connectivity index (χ0v) is 20.4. The van der Waals surface area contributed by atoms with Gasteiger partial charge in [0.1, 0.15) is 0 Å². The van der Waals surface area contributed by atoms with E-state index in [1.807, 2.05) is 0 Å². The molecule has 4 heteroatoms. The van der Waals surface area contributed by atoms with Crippen LogP contribution in [0.15, 0.2) is 0 Å². The zero-order chi connectivity index (χ0) is 19.3. The molecule has 0 saturated carbocycles. The average Bonchev–Trinajstić information content (AvgIpc) is 2.63. The summed E-state index contributed by atoms with van der Waals surface area (Å²) in [4.78, 5) is 12.0. The Kier molecular flexibility index (Phi) is 25.8. The van der Waals surface area contributed by atoms with Crippen LogP contribution >= 0.6 is 17.0 Å². The Morgan fingerprint density at radius 3 is 1.48 bits per heavy atom. The van der Waals surface area contributed by atoms with E-state index in [1.165, 1.54) is 83.5 Å². The predicted octanol–water partition coefficient (Wildman–Crippen LogP) is 7.59. The van der Waals surface area contributed by atoms with Gasteiger partial charge in [0.15, 0.2) is 0 Å². The SMILES string of the molecule is Br.CCCCCCCCCCCCCCCC(=O)NN(CCC)CCCC. The van der Waals surface area contributed by atoms with Crippen molar-refractivity contribution in [3.8, 4) is 0 Å². The molecule has 0 aromatic carbocycles. The summed E-state index contributed by atoms with van der Waals surface area (Å²) in [5.41, 5.74) is 3.09. The Morgan fingerprint density at radius 2 is 1.04 bits per heavy atom. The van der Waals surface area contributed by atoms with Gasteiger partial charge in [-0.1, -0.05) is 104 Å². The smallest absolute Gasteiger partial charge is 0.234 e. The monoisotopic (exact) mass is 448 g/mol. The molecule has 0 radical (unpaired) electrons. The van der Waals surface area contributed by atoms with Gasteiger partial charge in [0, 0.05) is 19.5 Å². The van der Waals surface area contributed by atoms with E-state index in [1.54, 1.807) is 0 Å². The number of hydrogen-bond donors (Lipinski definition) is 1. The van der Waals surface area contributed by atoms with Crippen molar-refractivity contribution in [2.24, 2.45) is 0 Å². The molecule has 27 heavy (non-hydrogen) atoms. The molecule has 0 spiro atoms. The van der Waals surface area contributed by atoms with Crippen molar-refractivity contribution in [3.05, 3.63) is 0 Å². The van der Waals surface area contributed by atoms with Gasteiger partial charge in [0.25, 0.3) is 0 Å². The van der Waals surface area contributed by atoms with Crippen LogP contribution in [-0.2, 0) is 4.79 Å². The van der Waals surface area contributed by atoms with Crippen LogP contribution < -0.4 is 5.43 Å². The summed E-state index contributed by atoms with van der Waals surface area (Å²) in [5, 5.41) is 2.11. The highest BCUT2D eigenvalue weighted by Crippen LogP contribution is 2.13. The Hall–Kier alpha value is -0.0900. The third-order valence-corrected chi connectivity index (χ3v) is 5.07. The summed E-state index contributed by atoms with van der Waals surface area (Å²) in [5.74, 6) is 0.206. The van der Waals surface area contributed by atoms with Crippen molar-refractivity contribution in [2.45, 2.75) is 130 Å². The van der Waals surface area contributed by atoms with E-state index in [0.29, 0.717) is 6.42 Å². The minimum absolute atomic E-state index is 0. The predicted molar refractivity (Wildman–Crippen MR) is 126 cm³/mol. The normalized spacial score (nSPS) is 10.8. The van der Waals surface area contributed by atoms with E-state index in [0.717, 1.165) is 32.4 Å². The van der Waals surface area contributed by atoms with Crippen molar-refractivity contribution in [3.63, 3.8) is 0 Å². The fraction of sp³-hybridized carbons (Fsp3) is 0.957. The molecular formula is C23H49BrN2O. The molecule has 0 aromatic rings. The molecule has 0 aromatic heterocycles. The second-order valence-electron chi connectivity index (χ2n) is 7.87. The maximum absolute atomic E-state index is 12.0. The summed E-state index contributed by atoms with van der Waals surface area (Å²) in [6.45, 7) is 8.58. The Balaban J connectivity index is 0. The highest BCUT2D eigenvalue weighted by Gasteiger charge is 2.07. The van der Waals surface area contributed by atoms with Gasteiger partial charge < -0.3 is 0 Å². The van der Waals surface area contributed by atoms with Gasteiger partial charge in [0.2, 0.25) is 5.91 Å². The van der Waals surface area contributed by atoms with Crippen LogP contribution in [0, 0.1) is 0 Å². The molecule has 0 aliphatic carbocycles. The molecule has 0 unspecified atom stereocenters. The van der Waals surface area contributed by atoms with Gasteiger partial charge in [-0.25, -0.2) is 5.01 Å². The van der Waals surface area contributed by atoms with Crippen LogP contribution in [0.3, 0.4) is 0 Å². The van der Waals surface area contributed by atoms with E-state index in [9.17, 15) is 4.79 Å². The topological polar surface area (TPSA) is 32.3 Å². The largest absolute Gasteiger partial charge is 0.289 e. The number of unbranched alkanes of at least 4 members (excludes halogenated alkanes) is 13. The minimum Gasteiger partial charge on any atom is -0.289 e. The molecule has 0 fully saturated rings. The highest BCUT2D eigenvalue weighted by atomic mass is 79.9. The van der Waals surface area contributed by atoms with Crippen LogP contribution in [0.1, 0.15) is 130 Å². The van der Waals surface area contributed by atoms with Crippen LogP contribution in [0.5, 0.6) is 0 Å². The molecule has 0 bridgehead atoms. The molecule has 0 aliphatic heterocycles. The van der Waals surface area contributed by atoms with Crippen molar-refractivity contribution in [2.75, 3.05) is 13.1 Å². The quantitative estimate of drug-likeness (QED) is 0.153. The lowest BCUT2D eigenvalue weighted by Crippen LogP contribution is -2.43. The number of hydrogen-bond acceptors (Lipinski definition) is 2. The van der Waals surface area contributed by atoms with Gasteiger partial charge in [-0.15, -0.1) is 17.0 Å². The molecule has 0 rings (SSSR count). The second kappa shape index (κ2) is 23.9.